The smallest absolute Gasteiger partial charge is 0.259 e. The van der Waals surface area contributed by atoms with Gasteiger partial charge in [0.25, 0.3) is 5.91 Å². The highest BCUT2D eigenvalue weighted by atomic mass is 16.1. The molecule has 19 heavy (non-hydrogen) atoms. The molecule has 3 nitrogen and oxygen atoms in total. The minimum absolute atomic E-state index is 0.0486. The van der Waals surface area contributed by atoms with Gasteiger partial charge < -0.3 is 5.73 Å². The van der Waals surface area contributed by atoms with E-state index in [-0.39, 0.29) is 5.57 Å². The van der Waals surface area contributed by atoms with Crippen molar-refractivity contribution in [1.29, 1.82) is 5.26 Å². The van der Waals surface area contributed by atoms with Gasteiger partial charge in [-0.05, 0) is 22.8 Å². The summed E-state index contributed by atoms with van der Waals surface area (Å²) in [5.41, 5.74) is 8.01. The van der Waals surface area contributed by atoms with Crippen LogP contribution >= 0.6 is 0 Å². The number of nitriles is 1. The van der Waals surface area contributed by atoms with E-state index in [9.17, 15) is 4.79 Å². The molecule has 2 N–H and O–H groups in total. The van der Waals surface area contributed by atoms with Crippen molar-refractivity contribution < 1.29 is 4.79 Å². The molecule has 0 aliphatic carbocycles. The summed E-state index contributed by atoms with van der Waals surface area (Å²) < 4.78 is 0. The molecule has 3 heteroatoms. The van der Waals surface area contributed by atoms with Gasteiger partial charge in [-0.15, -0.1) is 0 Å². The average molecular weight is 248 g/mol. The first-order valence-electron chi connectivity index (χ1n) is 5.78. The SMILES string of the molecule is N#C/C(=C/c1ccc(-c2ccccc2)cc1)C(N)=O. The molecule has 1 amide bonds. The van der Waals surface area contributed by atoms with Crippen LogP contribution in [0.2, 0.25) is 0 Å². The summed E-state index contributed by atoms with van der Waals surface area (Å²) in [7, 11) is 0. The van der Waals surface area contributed by atoms with Gasteiger partial charge in [-0.25, -0.2) is 0 Å². The molecule has 0 saturated carbocycles. The van der Waals surface area contributed by atoms with E-state index in [4.69, 9.17) is 11.0 Å². The van der Waals surface area contributed by atoms with E-state index in [0.29, 0.717) is 0 Å². The monoisotopic (exact) mass is 248 g/mol. The Bertz CT molecular complexity index is 649. The lowest BCUT2D eigenvalue weighted by atomic mass is 10.0. The van der Waals surface area contributed by atoms with Crippen LogP contribution in [0.15, 0.2) is 60.2 Å². The molecule has 0 fully saturated rings. The second-order valence-electron chi connectivity index (χ2n) is 4.02. The van der Waals surface area contributed by atoms with Gasteiger partial charge in [-0.2, -0.15) is 5.26 Å². The predicted molar refractivity (Wildman–Crippen MR) is 74.7 cm³/mol. The third kappa shape index (κ3) is 3.08. The third-order valence-electron chi connectivity index (χ3n) is 2.71. The third-order valence-corrected chi connectivity index (χ3v) is 2.71. The van der Waals surface area contributed by atoms with Crippen LogP contribution in [0.3, 0.4) is 0 Å². The number of nitrogens with two attached hydrogens (primary N) is 1. The van der Waals surface area contributed by atoms with Crippen molar-refractivity contribution in [3.8, 4) is 17.2 Å². The van der Waals surface area contributed by atoms with Crippen LogP contribution in [0.5, 0.6) is 0 Å². The number of primary amides is 1. The van der Waals surface area contributed by atoms with Gasteiger partial charge in [0.1, 0.15) is 11.6 Å². The van der Waals surface area contributed by atoms with Crippen LogP contribution in [-0.4, -0.2) is 5.91 Å². The molecule has 92 valence electrons. The van der Waals surface area contributed by atoms with Gasteiger partial charge in [-0.1, -0.05) is 54.6 Å². The molecule has 2 aromatic carbocycles. The largest absolute Gasteiger partial charge is 0.365 e. The lowest BCUT2D eigenvalue weighted by Crippen LogP contribution is -2.12. The topological polar surface area (TPSA) is 66.9 Å². The van der Waals surface area contributed by atoms with Crippen LogP contribution in [0.1, 0.15) is 5.56 Å². The summed E-state index contributed by atoms with van der Waals surface area (Å²) in [5, 5.41) is 8.77. The molecule has 2 aromatic rings. The minimum atomic E-state index is -0.713. The molecule has 0 aromatic heterocycles. The summed E-state index contributed by atoms with van der Waals surface area (Å²) in [6.07, 6.45) is 1.48. The quantitative estimate of drug-likeness (QED) is 0.670. The highest BCUT2D eigenvalue weighted by Gasteiger charge is 2.03. The summed E-state index contributed by atoms with van der Waals surface area (Å²) in [6, 6.07) is 19.3. The normalized spacial score (nSPS) is 10.8. The van der Waals surface area contributed by atoms with E-state index in [1.165, 1.54) is 6.08 Å². The number of rotatable bonds is 3. The van der Waals surface area contributed by atoms with E-state index < -0.39 is 5.91 Å². The Morgan fingerprint density at radius 2 is 1.58 bits per heavy atom. The Morgan fingerprint density at radius 1 is 1.00 bits per heavy atom. The molecule has 0 atom stereocenters. The maximum atomic E-state index is 11.0. The fourth-order valence-corrected chi connectivity index (χ4v) is 1.73. The van der Waals surface area contributed by atoms with Crippen LogP contribution in [-0.2, 0) is 4.79 Å². The number of carbonyl (C=O) groups excluding carboxylic acids is 1. The van der Waals surface area contributed by atoms with Gasteiger partial charge in [0.15, 0.2) is 0 Å². The first-order valence-corrected chi connectivity index (χ1v) is 5.78. The number of hydrogen-bond donors (Lipinski definition) is 1. The lowest BCUT2D eigenvalue weighted by molar-refractivity contribution is -0.114. The summed E-state index contributed by atoms with van der Waals surface area (Å²) in [5.74, 6) is -0.713. The molecular weight excluding hydrogens is 236 g/mol. The molecule has 0 aliphatic rings. The molecule has 0 spiro atoms. The highest BCUT2D eigenvalue weighted by molar-refractivity contribution is 6.00. The molecular formula is C16H12N2O. The Balaban J connectivity index is 2.30. The van der Waals surface area contributed by atoms with Crippen molar-refractivity contribution in [3.63, 3.8) is 0 Å². The van der Waals surface area contributed by atoms with Crippen LogP contribution < -0.4 is 5.73 Å². The van der Waals surface area contributed by atoms with Crippen molar-refractivity contribution in [1.82, 2.24) is 0 Å². The van der Waals surface area contributed by atoms with Gasteiger partial charge in [0.2, 0.25) is 0 Å². The number of carbonyl (C=O) groups is 1. The van der Waals surface area contributed by atoms with E-state index >= 15 is 0 Å². The molecule has 0 unspecified atom stereocenters. The van der Waals surface area contributed by atoms with Crippen molar-refractivity contribution in [2.45, 2.75) is 0 Å². The fraction of sp³-hybridized carbons (Fsp3) is 0. The Kier molecular flexibility index (Phi) is 3.75. The zero-order chi connectivity index (χ0) is 13.7. The highest BCUT2D eigenvalue weighted by Crippen LogP contribution is 2.20. The lowest BCUT2D eigenvalue weighted by Gasteiger charge is -2.02. The van der Waals surface area contributed by atoms with Gasteiger partial charge in [0, 0.05) is 0 Å². The zero-order valence-electron chi connectivity index (χ0n) is 10.2. The number of benzene rings is 2. The van der Waals surface area contributed by atoms with E-state index in [0.717, 1.165) is 16.7 Å². The van der Waals surface area contributed by atoms with E-state index in [1.807, 2.05) is 54.6 Å². The van der Waals surface area contributed by atoms with Crippen molar-refractivity contribution in [2.24, 2.45) is 5.73 Å². The second-order valence-corrected chi connectivity index (χ2v) is 4.02. The first-order chi connectivity index (χ1) is 9.20. The molecule has 0 saturated heterocycles. The molecule has 0 bridgehead atoms. The Labute approximate surface area is 111 Å². The van der Waals surface area contributed by atoms with E-state index in [2.05, 4.69) is 0 Å². The maximum absolute atomic E-state index is 11.0. The summed E-state index contributed by atoms with van der Waals surface area (Å²) in [6.45, 7) is 0. The predicted octanol–water partition coefficient (Wildman–Crippen LogP) is 2.75. The standard InChI is InChI=1S/C16H12N2O/c17-11-15(16(18)19)10-12-6-8-14(9-7-12)13-4-2-1-3-5-13/h1-10H,(H2,18,19)/b15-10-. The second kappa shape index (κ2) is 5.65. The van der Waals surface area contributed by atoms with Crippen LogP contribution in [0.4, 0.5) is 0 Å². The number of nitrogens with zero attached hydrogens (tertiary/aromatic N) is 1. The van der Waals surface area contributed by atoms with Crippen molar-refractivity contribution >= 4 is 12.0 Å². The van der Waals surface area contributed by atoms with Gasteiger partial charge >= 0.3 is 0 Å². The first kappa shape index (κ1) is 12.6. The molecule has 2 rings (SSSR count). The van der Waals surface area contributed by atoms with Crippen LogP contribution in [0.25, 0.3) is 17.2 Å². The Morgan fingerprint density at radius 3 is 2.11 bits per heavy atom. The number of hydrogen-bond acceptors (Lipinski definition) is 2. The van der Waals surface area contributed by atoms with E-state index in [1.54, 1.807) is 6.07 Å². The molecule has 0 heterocycles. The fourth-order valence-electron chi connectivity index (χ4n) is 1.73. The zero-order valence-corrected chi connectivity index (χ0v) is 10.2. The summed E-state index contributed by atoms with van der Waals surface area (Å²) >= 11 is 0. The Hall–Kier alpha value is -2.86. The maximum Gasteiger partial charge on any atom is 0.259 e. The molecule has 0 aliphatic heterocycles. The van der Waals surface area contributed by atoms with Gasteiger partial charge in [-0.3, -0.25) is 4.79 Å². The van der Waals surface area contributed by atoms with Crippen molar-refractivity contribution in [2.75, 3.05) is 0 Å². The number of amides is 1. The van der Waals surface area contributed by atoms with Crippen molar-refractivity contribution in [3.05, 3.63) is 65.7 Å². The molecule has 0 radical (unpaired) electrons. The minimum Gasteiger partial charge on any atom is -0.365 e. The van der Waals surface area contributed by atoms with Crippen LogP contribution in [0, 0.1) is 11.3 Å². The van der Waals surface area contributed by atoms with Gasteiger partial charge in [0.05, 0.1) is 0 Å². The average Bonchev–Trinajstić information content (AvgIpc) is 2.46. The summed E-state index contributed by atoms with van der Waals surface area (Å²) in [4.78, 5) is 11.0.